The van der Waals surface area contributed by atoms with Crippen molar-refractivity contribution < 1.29 is 4.42 Å². The number of H-pyrrole nitrogens is 1. The minimum absolute atomic E-state index is 0. The Kier molecular flexibility index (Phi) is 5.53. The van der Waals surface area contributed by atoms with Crippen LogP contribution in [0.5, 0.6) is 0 Å². The Morgan fingerprint density at radius 1 is 1.19 bits per heavy atom. The first-order valence-electron chi connectivity index (χ1n) is 8.12. The molecule has 2 aromatic carbocycles. The summed E-state index contributed by atoms with van der Waals surface area (Å²) in [5.41, 5.74) is 3.90. The number of aromatic amines is 1. The second-order valence-corrected chi connectivity index (χ2v) is 6.34. The zero-order valence-corrected chi connectivity index (χ0v) is 16.4. The lowest BCUT2D eigenvalue weighted by atomic mass is 10.1. The molecule has 0 saturated carbocycles. The van der Waals surface area contributed by atoms with Crippen molar-refractivity contribution in [1.82, 2.24) is 19.2 Å². The zero-order valence-electron chi connectivity index (χ0n) is 14.5. The Labute approximate surface area is 162 Å². The molecule has 4 rings (SSSR count). The summed E-state index contributed by atoms with van der Waals surface area (Å²) in [4.78, 5) is 4.13. The summed E-state index contributed by atoms with van der Waals surface area (Å²) in [7, 11) is 1.75. The Bertz CT molecular complexity index is 1030. The van der Waals surface area contributed by atoms with E-state index in [4.69, 9.17) is 4.42 Å². The van der Waals surface area contributed by atoms with Crippen LogP contribution in [0.2, 0.25) is 0 Å². The number of para-hydroxylation sites is 2. The van der Waals surface area contributed by atoms with Gasteiger partial charge in [0.05, 0.1) is 24.0 Å². The topological polar surface area (TPSA) is 70.3 Å². The van der Waals surface area contributed by atoms with E-state index < -0.39 is 0 Å². The molecule has 136 valence electrons. The number of furan rings is 1. The Balaban J connectivity index is 0.00000196. The van der Waals surface area contributed by atoms with Crippen molar-refractivity contribution in [1.29, 1.82) is 0 Å². The first-order valence-corrected chi connectivity index (χ1v) is 8.89. The van der Waals surface area contributed by atoms with E-state index in [0.29, 0.717) is 0 Å². The van der Waals surface area contributed by atoms with E-state index in [1.165, 1.54) is 12.1 Å². The Hall–Kier alpha value is -2.45. The van der Waals surface area contributed by atoms with Gasteiger partial charge in [0, 0.05) is 29.9 Å². The van der Waals surface area contributed by atoms with Crippen LogP contribution in [0.3, 0.4) is 0 Å². The van der Waals surface area contributed by atoms with Crippen molar-refractivity contribution >= 4 is 53.5 Å². The van der Waals surface area contributed by atoms with Gasteiger partial charge in [-0.1, -0.05) is 30.3 Å². The fourth-order valence-corrected chi connectivity index (χ4v) is 3.44. The molecule has 3 N–H and O–H groups in total. The fraction of sp³-hybridized carbons (Fsp3) is 0.167. The molecule has 0 aliphatic heterocycles. The molecule has 0 atom stereocenters. The molecule has 2 aromatic heterocycles. The number of benzene rings is 2. The Morgan fingerprint density at radius 3 is 2.73 bits per heavy atom. The van der Waals surface area contributed by atoms with Gasteiger partial charge in [-0.15, -0.1) is 0 Å². The van der Waals surface area contributed by atoms with Gasteiger partial charge >= 0.3 is 0 Å². The van der Waals surface area contributed by atoms with Gasteiger partial charge in [0.25, 0.3) is 0 Å². The lowest BCUT2D eigenvalue weighted by Crippen LogP contribution is -2.34. The molecule has 0 fully saturated rings. The van der Waals surface area contributed by atoms with E-state index in [1.807, 2.05) is 35.4 Å². The van der Waals surface area contributed by atoms with E-state index in [9.17, 15) is 0 Å². The van der Waals surface area contributed by atoms with Gasteiger partial charge in [-0.3, -0.25) is 14.8 Å². The van der Waals surface area contributed by atoms with E-state index in [2.05, 4.69) is 44.4 Å². The second kappa shape index (κ2) is 7.84. The molecule has 8 heteroatoms. The van der Waals surface area contributed by atoms with Crippen LogP contribution in [-0.2, 0) is 0 Å². The van der Waals surface area contributed by atoms with E-state index in [1.54, 1.807) is 7.05 Å². The quantitative estimate of drug-likeness (QED) is 0.280. The third kappa shape index (κ3) is 3.30. The maximum Gasteiger partial charge on any atom is 0.202 e. The number of aliphatic imine (C=N–C) groups is 1. The number of aromatic nitrogens is 2. The molecule has 0 aliphatic rings. The molecule has 0 unspecified atom stereocenters. The smallest absolute Gasteiger partial charge is 0.202 e. The van der Waals surface area contributed by atoms with Crippen molar-refractivity contribution in [2.45, 2.75) is 6.92 Å². The van der Waals surface area contributed by atoms with Crippen molar-refractivity contribution in [3.8, 4) is 11.3 Å². The van der Waals surface area contributed by atoms with Crippen LogP contribution < -0.4 is 10.0 Å². The molecular weight excluding hydrogens is 366 g/mol. The Morgan fingerprint density at radius 2 is 1.96 bits per heavy atom. The number of nitrogens with zero attached hydrogens (tertiary/aromatic N) is 2. The highest BCUT2D eigenvalue weighted by Crippen LogP contribution is 2.35. The number of fused-ring (bicyclic) bond motifs is 3. The van der Waals surface area contributed by atoms with Gasteiger partial charge in [-0.2, -0.15) is 13.5 Å². The third-order valence-electron chi connectivity index (χ3n) is 3.98. The summed E-state index contributed by atoms with van der Waals surface area (Å²) >= 11 is 1.42. The number of rotatable bonds is 4. The second-order valence-electron chi connectivity index (χ2n) is 5.56. The number of hydrogen-bond acceptors (Lipinski definition) is 3. The van der Waals surface area contributed by atoms with Crippen LogP contribution in [0, 0.1) is 0 Å². The maximum absolute atomic E-state index is 6.07. The van der Waals surface area contributed by atoms with Crippen LogP contribution in [0.4, 0.5) is 0 Å². The highest BCUT2D eigenvalue weighted by molar-refractivity contribution is 7.96. The standard InChI is InChI=1S/C18H19N5OS.H2S/c1-3-20-18(19-2)22-25-23-11-15(21-23)14-9-6-8-13-12-7-4-5-10-16(12)24-17(13)14;/h4-11,21H,3H2,1-2H3,(H2,19,20,22);1H2. The van der Waals surface area contributed by atoms with Gasteiger partial charge in [-0.25, -0.2) is 4.09 Å². The van der Waals surface area contributed by atoms with Crippen LogP contribution in [0.25, 0.3) is 33.2 Å². The maximum atomic E-state index is 6.07. The monoisotopic (exact) mass is 387 g/mol. The predicted molar refractivity (Wildman–Crippen MR) is 115 cm³/mol. The summed E-state index contributed by atoms with van der Waals surface area (Å²) in [5, 5.41) is 8.72. The van der Waals surface area contributed by atoms with Crippen LogP contribution in [0.1, 0.15) is 6.92 Å². The summed E-state index contributed by atoms with van der Waals surface area (Å²) in [6, 6.07) is 14.3. The van der Waals surface area contributed by atoms with Crippen molar-refractivity contribution in [2.24, 2.45) is 4.99 Å². The molecule has 0 amide bonds. The average molecular weight is 388 g/mol. The molecule has 0 spiro atoms. The van der Waals surface area contributed by atoms with Crippen LogP contribution >= 0.6 is 25.6 Å². The van der Waals surface area contributed by atoms with Crippen molar-refractivity contribution in [2.75, 3.05) is 13.6 Å². The van der Waals surface area contributed by atoms with Crippen LogP contribution in [0.15, 0.2) is 58.1 Å². The SMILES string of the molecule is CCNC(=NC)NSn1cc(-c2cccc3c2oc2ccccc23)[nH]1.S. The van der Waals surface area contributed by atoms with Gasteiger partial charge in [-0.05, 0) is 19.1 Å². The highest BCUT2D eigenvalue weighted by Gasteiger charge is 2.14. The molecule has 0 saturated heterocycles. The molecule has 0 aliphatic carbocycles. The molecule has 26 heavy (non-hydrogen) atoms. The number of hydrogen-bond donors (Lipinski definition) is 3. The van der Waals surface area contributed by atoms with E-state index in [0.717, 1.165) is 45.7 Å². The largest absolute Gasteiger partial charge is 0.455 e. The predicted octanol–water partition coefficient (Wildman–Crippen LogP) is 4.09. The number of nitrogens with one attached hydrogen (secondary N) is 3. The molecule has 0 bridgehead atoms. The first-order chi connectivity index (χ1) is 12.3. The van der Waals surface area contributed by atoms with Gasteiger partial charge < -0.3 is 9.73 Å². The molecule has 4 aromatic rings. The van der Waals surface area contributed by atoms with Gasteiger partial charge in [0.15, 0.2) is 0 Å². The average Bonchev–Trinajstić information content (AvgIpc) is 2.99. The molecule has 6 nitrogen and oxygen atoms in total. The molecular formula is C18H21N5OS2. The normalized spacial score (nSPS) is 11.7. The number of guanidine groups is 1. The molecule has 0 radical (unpaired) electrons. The summed E-state index contributed by atoms with van der Waals surface area (Å²) in [6.07, 6.45) is 2.03. The minimum Gasteiger partial charge on any atom is -0.455 e. The molecule has 2 heterocycles. The third-order valence-corrected chi connectivity index (χ3v) is 4.66. The minimum atomic E-state index is 0. The summed E-state index contributed by atoms with van der Waals surface area (Å²) in [5.74, 6) is 0.746. The van der Waals surface area contributed by atoms with Crippen molar-refractivity contribution in [3.63, 3.8) is 0 Å². The van der Waals surface area contributed by atoms with Crippen LogP contribution in [-0.4, -0.2) is 28.7 Å². The van der Waals surface area contributed by atoms with Gasteiger partial charge in [0.2, 0.25) is 5.96 Å². The first kappa shape index (κ1) is 18.3. The lowest BCUT2D eigenvalue weighted by Gasteiger charge is -2.16. The van der Waals surface area contributed by atoms with E-state index >= 15 is 0 Å². The highest BCUT2D eigenvalue weighted by atomic mass is 32.2. The van der Waals surface area contributed by atoms with Crippen molar-refractivity contribution in [3.05, 3.63) is 48.7 Å². The zero-order chi connectivity index (χ0) is 17.2. The van der Waals surface area contributed by atoms with E-state index in [-0.39, 0.29) is 13.5 Å². The lowest BCUT2D eigenvalue weighted by molar-refractivity contribution is 0.669. The summed E-state index contributed by atoms with van der Waals surface area (Å²) < 4.78 is 11.1. The fourth-order valence-electron chi connectivity index (χ4n) is 2.79. The van der Waals surface area contributed by atoms with Gasteiger partial charge in [0.1, 0.15) is 11.2 Å². The summed E-state index contributed by atoms with van der Waals surface area (Å²) in [6.45, 7) is 2.86.